The van der Waals surface area contributed by atoms with Crippen molar-refractivity contribution in [2.24, 2.45) is 0 Å². The van der Waals surface area contributed by atoms with Crippen molar-refractivity contribution in [1.29, 1.82) is 0 Å². The number of nitrogens with one attached hydrogen (secondary N) is 1. The number of rotatable bonds is 5. The van der Waals surface area contributed by atoms with Crippen LogP contribution >= 0.6 is 0 Å². The molecule has 0 bridgehead atoms. The van der Waals surface area contributed by atoms with E-state index >= 15 is 0 Å². The van der Waals surface area contributed by atoms with Crippen molar-refractivity contribution in [3.05, 3.63) is 0 Å². The van der Waals surface area contributed by atoms with Crippen molar-refractivity contribution in [3.63, 3.8) is 0 Å². The van der Waals surface area contributed by atoms with E-state index in [1.807, 2.05) is 20.8 Å². The van der Waals surface area contributed by atoms with Crippen molar-refractivity contribution >= 4 is 6.09 Å². The Labute approximate surface area is 139 Å². The average Bonchev–Trinajstić information content (AvgIpc) is 2.97. The molecule has 1 aliphatic heterocycles. The maximum Gasteiger partial charge on any atom is 0.410 e. The molecule has 0 radical (unpaired) electrons. The van der Waals surface area contributed by atoms with E-state index in [-0.39, 0.29) is 18.2 Å². The Morgan fingerprint density at radius 2 is 2.04 bits per heavy atom. The molecular formula is C17H32N2O4. The van der Waals surface area contributed by atoms with Gasteiger partial charge in [0.1, 0.15) is 5.60 Å². The normalized spacial score (nSPS) is 24.7. The molecule has 1 N–H and O–H groups in total. The van der Waals surface area contributed by atoms with E-state index in [4.69, 9.17) is 14.3 Å². The van der Waals surface area contributed by atoms with Gasteiger partial charge in [-0.1, -0.05) is 12.8 Å². The third kappa shape index (κ3) is 6.28. The van der Waals surface area contributed by atoms with E-state index < -0.39 is 5.60 Å². The second-order valence-electron chi connectivity index (χ2n) is 7.68. The summed E-state index contributed by atoms with van der Waals surface area (Å²) in [6.45, 7) is 9.44. The molecule has 2 fully saturated rings. The van der Waals surface area contributed by atoms with Crippen LogP contribution in [0, 0.1) is 0 Å². The topological polar surface area (TPSA) is 60.0 Å². The monoisotopic (exact) mass is 328 g/mol. The Bertz CT molecular complexity index is 377. The van der Waals surface area contributed by atoms with Gasteiger partial charge in [-0.25, -0.2) is 4.79 Å². The zero-order chi connectivity index (χ0) is 16.9. The first-order valence-corrected chi connectivity index (χ1v) is 8.83. The second-order valence-corrected chi connectivity index (χ2v) is 7.68. The molecule has 1 saturated heterocycles. The molecule has 2 atom stereocenters. The van der Waals surface area contributed by atoms with Crippen LogP contribution in [0.15, 0.2) is 0 Å². The summed E-state index contributed by atoms with van der Waals surface area (Å²) in [5, 5.41) is 0. The molecule has 1 amide bonds. The third-order valence-corrected chi connectivity index (χ3v) is 4.22. The van der Waals surface area contributed by atoms with Crippen LogP contribution in [0.25, 0.3) is 0 Å². The highest BCUT2D eigenvalue weighted by Crippen LogP contribution is 2.21. The molecule has 2 rings (SSSR count). The Balaban J connectivity index is 1.81. The number of ether oxygens (including phenoxy) is 2. The largest absolute Gasteiger partial charge is 0.444 e. The summed E-state index contributed by atoms with van der Waals surface area (Å²) < 4.78 is 11.1. The molecule has 0 spiro atoms. The van der Waals surface area contributed by atoms with Crippen LogP contribution in [-0.2, 0) is 14.3 Å². The van der Waals surface area contributed by atoms with Gasteiger partial charge in [-0.05, 0) is 47.0 Å². The van der Waals surface area contributed by atoms with Gasteiger partial charge in [-0.3, -0.25) is 4.84 Å². The van der Waals surface area contributed by atoms with Crippen LogP contribution in [0.4, 0.5) is 4.79 Å². The summed E-state index contributed by atoms with van der Waals surface area (Å²) in [7, 11) is 0. The van der Waals surface area contributed by atoms with Gasteiger partial charge < -0.3 is 14.4 Å². The van der Waals surface area contributed by atoms with Crippen LogP contribution in [0.1, 0.15) is 59.8 Å². The Hall–Kier alpha value is -0.850. The fourth-order valence-corrected chi connectivity index (χ4v) is 3.09. The van der Waals surface area contributed by atoms with Gasteiger partial charge in [0.05, 0.1) is 25.4 Å². The van der Waals surface area contributed by atoms with Crippen LogP contribution in [-0.4, -0.2) is 54.5 Å². The predicted molar refractivity (Wildman–Crippen MR) is 88.1 cm³/mol. The predicted octanol–water partition coefficient (Wildman–Crippen LogP) is 2.86. The van der Waals surface area contributed by atoms with Crippen molar-refractivity contribution in [3.8, 4) is 0 Å². The highest BCUT2D eigenvalue weighted by atomic mass is 16.7. The molecule has 6 heteroatoms. The summed E-state index contributed by atoms with van der Waals surface area (Å²) in [6, 6.07) is 0.181. The Morgan fingerprint density at radius 1 is 1.35 bits per heavy atom. The van der Waals surface area contributed by atoms with Crippen molar-refractivity contribution in [2.75, 3.05) is 19.8 Å². The first-order chi connectivity index (χ1) is 10.8. The number of morpholine rings is 1. The van der Waals surface area contributed by atoms with Gasteiger partial charge in [0.15, 0.2) is 0 Å². The van der Waals surface area contributed by atoms with E-state index in [1.54, 1.807) is 4.90 Å². The maximum absolute atomic E-state index is 12.4. The van der Waals surface area contributed by atoms with Crippen molar-refractivity contribution in [2.45, 2.75) is 83.6 Å². The molecule has 6 nitrogen and oxygen atoms in total. The van der Waals surface area contributed by atoms with Gasteiger partial charge in [-0.15, -0.1) is 0 Å². The number of amides is 1. The summed E-state index contributed by atoms with van der Waals surface area (Å²) >= 11 is 0. The highest BCUT2D eigenvalue weighted by molar-refractivity contribution is 5.68. The molecule has 2 unspecified atom stereocenters. The minimum atomic E-state index is -0.477. The van der Waals surface area contributed by atoms with Gasteiger partial charge in [-0.2, -0.15) is 5.48 Å². The lowest BCUT2D eigenvalue weighted by Gasteiger charge is -2.37. The molecule has 0 aromatic carbocycles. The molecule has 0 aromatic rings. The SMILES string of the molecule is CC(CC1COCCN1C(=O)OC(C)(C)C)NOC1CCCC1. The number of hydrogen-bond donors (Lipinski definition) is 1. The first-order valence-electron chi connectivity index (χ1n) is 8.83. The summed E-state index contributed by atoms with van der Waals surface area (Å²) in [6.07, 6.45) is 5.64. The van der Waals surface area contributed by atoms with Gasteiger partial charge >= 0.3 is 6.09 Å². The van der Waals surface area contributed by atoms with Crippen LogP contribution in [0.3, 0.4) is 0 Å². The minimum Gasteiger partial charge on any atom is -0.444 e. The molecule has 2 aliphatic rings. The van der Waals surface area contributed by atoms with Crippen molar-refractivity contribution < 1.29 is 19.1 Å². The van der Waals surface area contributed by atoms with E-state index in [2.05, 4.69) is 12.4 Å². The fourth-order valence-electron chi connectivity index (χ4n) is 3.09. The summed E-state index contributed by atoms with van der Waals surface area (Å²) in [5.74, 6) is 0. The lowest BCUT2D eigenvalue weighted by Crippen LogP contribution is -2.52. The third-order valence-electron chi connectivity index (χ3n) is 4.22. The summed E-state index contributed by atoms with van der Waals surface area (Å²) in [4.78, 5) is 19.9. The van der Waals surface area contributed by atoms with Crippen molar-refractivity contribution in [1.82, 2.24) is 10.4 Å². The second kappa shape index (κ2) is 8.31. The number of carbonyl (C=O) groups excluding carboxylic acids is 1. The lowest BCUT2D eigenvalue weighted by atomic mass is 10.1. The number of nitrogens with zero attached hydrogens (tertiary/aromatic N) is 1. The molecular weight excluding hydrogens is 296 g/mol. The van der Waals surface area contributed by atoms with E-state index in [1.165, 1.54) is 12.8 Å². The number of hydroxylamine groups is 1. The molecule has 0 aromatic heterocycles. The molecule has 1 saturated carbocycles. The maximum atomic E-state index is 12.4. The van der Waals surface area contributed by atoms with Crippen LogP contribution in [0.2, 0.25) is 0 Å². The standard InChI is InChI=1S/C17H32N2O4/c1-13(18-23-15-7-5-6-8-15)11-14-12-21-10-9-19(14)16(20)22-17(2,3)4/h13-15,18H,5-12H2,1-4H3. The quantitative estimate of drug-likeness (QED) is 0.786. The number of hydrogen-bond acceptors (Lipinski definition) is 5. The highest BCUT2D eigenvalue weighted by Gasteiger charge is 2.32. The van der Waals surface area contributed by atoms with Crippen LogP contribution in [0.5, 0.6) is 0 Å². The zero-order valence-corrected chi connectivity index (χ0v) is 15.0. The molecule has 1 aliphatic carbocycles. The molecule has 134 valence electrons. The molecule has 1 heterocycles. The first kappa shape index (κ1) is 18.5. The number of carbonyl (C=O) groups is 1. The lowest BCUT2D eigenvalue weighted by molar-refractivity contribution is -0.0592. The Kier molecular flexibility index (Phi) is 6.68. The van der Waals surface area contributed by atoms with Gasteiger partial charge in [0.25, 0.3) is 0 Å². The van der Waals surface area contributed by atoms with E-state index in [0.29, 0.717) is 25.9 Å². The summed E-state index contributed by atoms with van der Waals surface area (Å²) in [5.41, 5.74) is 2.67. The fraction of sp³-hybridized carbons (Fsp3) is 0.941. The smallest absolute Gasteiger partial charge is 0.410 e. The zero-order valence-electron chi connectivity index (χ0n) is 15.0. The van der Waals surface area contributed by atoms with Gasteiger partial charge in [0, 0.05) is 12.6 Å². The van der Waals surface area contributed by atoms with E-state index in [0.717, 1.165) is 19.3 Å². The van der Waals surface area contributed by atoms with Crippen LogP contribution < -0.4 is 5.48 Å². The Morgan fingerprint density at radius 3 is 2.70 bits per heavy atom. The van der Waals surface area contributed by atoms with Gasteiger partial charge in [0.2, 0.25) is 0 Å². The molecule has 23 heavy (non-hydrogen) atoms. The minimum absolute atomic E-state index is 0.0216. The van der Waals surface area contributed by atoms with E-state index in [9.17, 15) is 4.79 Å². The average molecular weight is 328 g/mol.